The van der Waals surface area contributed by atoms with Gasteiger partial charge in [-0.2, -0.15) is 5.10 Å². The van der Waals surface area contributed by atoms with Crippen molar-refractivity contribution in [3.63, 3.8) is 0 Å². The number of rotatable bonds is 3. The van der Waals surface area contributed by atoms with Gasteiger partial charge < -0.3 is 4.74 Å². The molecule has 7 heteroatoms. The van der Waals surface area contributed by atoms with Crippen molar-refractivity contribution in [2.45, 2.75) is 26.2 Å². The molecule has 0 bridgehead atoms. The first kappa shape index (κ1) is 14.1. The van der Waals surface area contributed by atoms with E-state index in [1.165, 1.54) is 17.8 Å². The Balaban J connectivity index is 2.71. The van der Waals surface area contributed by atoms with Crippen molar-refractivity contribution < 1.29 is 9.53 Å². The van der Waals surface area contributed by atoms with Crippen molar-refractivity contribution >= 4 is 34.8 Å². The van der Waals surface area contributed by atoms with Crippen LogP contribution in [0.1, 0.15) is 42.1 Å². The fraction of sp³-hybridized carbons (Fsp3) is 0.417. The summed E-state index contributed by atoms with van der Waals surface area (Å²) in [6.07, 6.45) is 2.24. The van der Waals surface area contributed by atoms with E-state index < -0.39 is 5.97 Å². The van der Waals surface area contributed by atoms with Crippen molar-refractivity contribution in [3.8, 4) is 0 Å². The third kappa shape index (κ3) is 2.28. The van der Waals surface area contributed by atoms with Crippen molar-refractivity contribution in [1.82, 2.24) is 14.6 Å². The van der Waals surface area contributed by atoms with Gasteiger partial charge in [-0.15, -0.1) is 0 Å². The molecule has 2 aromatic rings. The Labute approximate surface area is 120 Å². The van der Waals surface area contributed by atoms with Gasteiger partial charge in [0, 0.05) is 5.56 Å². The highest BCUT2D eigenvalue weighted by atomic mass is 35.5. The molecule has 0 aliphatic heterocycles. The Morgan fingerprint density at radius 2 is 2.21 bits per heavy atom. The fourth-order valence-electron chi connectivity index (χ4n) is 1.81. The molecule has 0 aliphatic carbocycles. The van der Waals surface area contributed by atoms with Crippen LogP contribution in [-0.4, -0.2) is 27.7 Å². The Morgan fingerprint density at radius 3 is 2.79 bits per heavy atom. The summed E-state index contributed by atoms with van der Waals surface area (Å²) in [4.78, 5) is 15.8. The number of aromatic nitrogens is 3. The van der Waals surface area contributed by atoms with E-state index in [1.54, 1.807) is 0 Å². The average molecular weight is 302 g/mol. The molecular formula is C12H13Cl2N3O2. The highest BCUT2D eigenvalue weighted by Crippen LogP contribution is 2.33. The summed E-state index contributed by atoms with van der Waals surface area (Å²) in [5, 5.41) is 4.73. The maximum absolute atomic E-state index is 11.6. The molecule has 5 nitrogen and oxygen atoms in total. The number of carbonyl (C=O) groups is 1. The van der Waals surface area contributed by atoms with Gasteiger partial charge in [-0.3, -0.25) is 0 Å². The van der Waals surface area contributed by atoms with Gasteiger partial charge in [0.15, 0.2) is 5.65 Å². The molecule has 1 atom stereocenters. The summed E-state index contributed by atoms with van der Waals surface area (Å²) >= 11 is 12.5. The largest absolute Gasteiger partial charge is 0.465 e. The van der Waals surface area contributed by atoms with Crippen LogP contribution in [0.5, 0.6) is 0 Å². The summed E-state index contributed by atoms with van der Waals surface area (Å²) in [5.41, 5.74) is 1.27. The van der Waals surface area contributed by atoms with E-state index in [0.29, 0.717) is 10.8 Å². The predicted octanol–water partition coefficient (Wildman–Crippen LogP) is 3.34. The summed E-state index contributed by atoms with van der Waals surface area (Å²) in [7, 11) is 1.29. The van der Waals surface area contributed by atoms with Crippen molar-refractivity contribution in [3.05, 3.63) is 27.6 Å². The number of methoxy groups -OCH3 is 1. The summed E-state index contributed by atoms with van der Waals surface area (Å²) in [6, 6.07) is 0. The van der Waals surface area contributed by atoms with Gasteiger partial charge in [0.05, 0.1) is 13.3 Å². The van der Waals surface area contributed by atoms with E-state index in [2.05, 4.69) is 14.8 Å². The molecule has 0 spiro atoms. The quantitative estimate of drug-likeness (QED) is 0.644. The zero-order chi connectivity index (χ0) is 14.2. The Hall–Kier alpha value is -1.33. The Kier molecular flexibility index (Phi) is 3.96. The zero-order valence-electron chi connectivity index (χ0n) is 10.8. The van der Waals surface area contributed by atoms with E-state index in [-0.39, 0.29) is 16.6 Å². The topological polar surface area (TPSA) is 56.5 Å². The van der Waals surface area contributed by atoms with Crippen LogP contribution in [0, 0.1) is 0 Å². The van der Waals surface area contributed by atoms with Crippen molar-refractivity contribution in [1.29, 1.82) is 0 Å². The molecule has 0 aliphatic rings. The number of hydrogen-bond acceptors (Lipinski definition) is 4. The lowest BCUT2D eigenvalue weighted by Crippen LogP contribution is -2.06. The van der Waals surface area contributed by atoms with E-state index in [4.69, 9.17) is 23.2 Å². The smallest absolute Gasteiger partial charge is 0.343 e. The minimum absolute atomic E-state index is 0.155. The summed E-state index contributed by atoms with van der Waals surface area (Å²) in [6.45, 7) is 4.04. The molecule has 2 aromatic heterocycles. The maximum atomic E-state index is 11.6. The molecule has 0 radical (unpaired) electrons. The SMILES string of the molecule is CCC(C)c1c(Cl)nc2c(C(=O)OC)cnn2c1Cl. The third-order valence-electron chi connectivity index (χ3n) is 3.09. The first-order valence-electron chi connectivity index (χ1n) is 5.82. The number of hydrogen-bond donors (Lipinski definition) is 0. The van der Waals surface area contributed by atoms with E-state index >= 15 is 0 Å². The Morgan fingerprint density at radius 1 is 1.53 bits per heavy atom. The van der Waals surface area contributed by atoms with Crippen LogP contribution < -0.4 is 0 Å². The lowest BCUT2D eigenvalue weighted by Gasteiger charge is -2.13. The molecule has 0 aromatic carbocycles. The van der Waals surface area contributed by atoms with Gasteiger partial charge in [-0.25, -0.2) is 14.3 Å². The second-order valence-corrected chi connectivity index (χ2v) is 4.92. The second kappa shape index (κ2) is 5.35. The van der Waals surface area contributed by atoms with E-state index in [1.807, 2.05) is 13.8 Å². The molecule has 2 rings (SSSR count). The van der Waals surface area contributed by atoms with Crippen molar-refractivity contribution in [2.75, 3.05) is 7.11 Å². The van der Waals surface area contributed by atoms with Crippen molar-refractivity contribution in [2.24, 2.45) is 0 Å². The van der Waals surface area contributed by atoms with Gasteiger partial charge in [0.1, 0.15) is 15.9 Å². The summed E-state index contributed by atoms with van der Waals surface area (Å²) in [5.74, 6) is -0.367. The van der Waals surface area contributed by atoms with Crippen LogP contribution in [0.3, 0.4) is 0 Å². The van der Waals surface area contributed by atoms with Crippen LogP contribution in [0.4, 0.5) is 0 Å². The normalized spacial score (nSPS) is 12.7. The lowest BCUT2D eigenvalue weighted by molar-refractivity contribution is 0.0602. The maximum Gasteiger partial charge on any atom is 0.343 e. The molecule has 0 amide bonds. The molecule has 1 unspecified atom stereocenters. The molecular weight excluding hydrogens is 289 g/mol. The van der Waals surface area contributed by atoms with Crippen LogP contribution >= 0.6 is 23.2 Å². The van der Waals surface area contributed by atoms with Crippen LogP contribution in [0.15, 0.2) is 6.20 Å². The minimum atomic E-state index is -0.522. The highest BCUT2D eigenvalue weighted by Gasteiger charge is 2.22. The van der Waals surface area contributed by atoms with Gasteiger partial charge in [-0.05, 0) is 12.3 Å². The number of carbonyl (C=O) groups excluding carboxylic acids is 1. The van der Waals surface area contributed by atoms with E-state index in [0.717, 1.165) is 12.0 Å². The first-order valence-corrected chi connectivity index (χ1v) is 6.57. The number of ether oxygens (including phenoxy) is 1. The van der Waals surface area contributed by atoms with Gasteiger partial charge in [0.25, 0.3) is 0 Å². The minimum Gasteiger partial charge on any atom is -0.465 e. The number of esters is 1. The Bertz CT molecular complexity index is 639. The molecule has 19 heavy (non-hydrogen) atoms. The molecule has 0 N–H and O–H groups in total. The zero-order valence-corrected chi connectivity index (χ0v) is 12.3. The lowest BCUT2D eigenvalue weighted by atomic mass is 10.0. The predicted molar refractivity (Wildman–Crippen MR) is 73.1 cm³/mol. The average Bonchev–Trinajstić information content (AvgIpc) is 2.81. The second-order valence-electron chi connectivity index (χ2n) is 4.20. The van der Waals surface area contributed by atoms with Crippen LogP contribution in [0.2, 0.25) is 10.3 Å². The molecule has 0 saturated carbocycles. The molecule has 0 fully saturated rings. The summed E-state index contributed by atoms with van der Waals surface area (Å²) < 4.78 is 6.07. The van der Waals surface area contributed by atoms with Crippen LogP contribution in [0.25, 0.3) is 5.65 Å². The molecule has 102 valence electrons. The fourth-order valence-corrected chi connectivity index (χ4v) is 2.61. The monoisotopic (exact) mass is 301 g/mol. The van der Waals surface area contributed by atoms with Crippen LogP contribution in [-0.2, 0) is 4.74 Å². The highest BCUT2D eigenvalue weighted by molar-refractivity contribution is 6.35. The van der Waals surface area contributed by atoms with Gasteiger partial charge >= 0.3 is 5.97 Å². The number of fused-ring (bicyclic) bond motifs is 1. The molecule has 2 heterocycles. The number of halogens is 2. The third-order valence-corrected chi connectivity index (χ3v) is 3.74. The molecule has 0 saturated heterocycles. The van der Waals surface area contributed by atoms with Gasteiger partial charge in [-0.1, -0.05) is 37.0 Å². The van der Waals surface area contributed by atoms with Gasteiger partial charge in [0.2, 0.25) is 0 Å². The standard InChI is InChI=1S/C12H13Cl2N3O2/c1-4-6(2)8-9(13)16-11-7(12(18)19-3)5-15-17(11)10(8)14/h5-6H,4H2,1-3H3. The van der Waals surface area contributed by atoms with E-state index in [9.17, 15) is 4.79 Å². The number of nitrogens with zero attached hydrogens (tertiary/aromatic N) is 3. The first-order chi connectivity index (χ1) is 9.01.